The third-order valence-corrected chi connectivity index (χ3v) is 4.72. The Bertz CT molecular complexity index is 860. The number of ether oxygens (including phenoxy) is 1. The maximum Gasteiger partial charge on any atom is 0.256 e. The minimum atomic E-state index is -2.37. The topological polar surface area (TPSA) is 43.2 Å². The van der Waals surface area contributed by atoms with Crippen molar-refractivity contribution in [3.8, 4) is 5.75 Å². The van der Waals surface area contributed by atoms with Crippen molar-refractivity contribution < 1.29 is 13.5 Å². The summed E-state index contributed by atoms with van der Waals surface area (Å²) in [5.41, 5.74) is 0.778. The van der Waals surface area contributed by atoms with Crippen molar-refractivity contribution >= 4 is 16.7 Å². The Morgan fingerprint density at radius 1 is 1.15 bits per heavy atom. The number of aromatic nitrogens is 3. The van der Waals surface area contributed by atoms with E-state index in [9.17, 15) is 8.78 Å². The zero-order valence-electron chi connectivity index (χ0n) is 14.3. The number of hydrogen-bond acceptors (Lipinski definition) is 4. The Morgan fingerprint density at radius 2 is 2.00 bits per heavy atom. The number of benzene rings is 1. The van der Waals surface area contributed by atoms with Gasteiger partial charge in [0.15, 0.2) is 0 Å². The molecule has 0 saturated carbocycles. The maximum absolute atomic E-state index is 12.7. The fourth-order valence-corrected chi connectivity index (χ4v) is 3.44. The van der Waals surface area contributed by atoms with Gasteiger partial charge in [-0.3, -0.25) is 4.98 Å². The minimum Gasteiger partial charge on any atom is -0.490 e. The fraction of sp³-hybridized carbons (Fsp3) is 0.368. The van der Waals surface area contributed by atoms with Crippen LogP contribution in [0, 0.1) is 0 Å². The summed E-state index contributed by atoms with van der Waals surface area (Å²) in [7, 11) is 0. The van der Waals surface area contributed by atoms with Gasteiger partial charge in [0, 0.05) is 49.9 Å². The van der Waals surface area contributed by atoms with E-state index in [4.69, 9.17) is 4.74 Å². The molecule has 0 N–H and O–H groups in total. The van der Waals surface area contributed by atoms with Crippen LogP contribution in [0.2, 0.25) is 0 Å². The van der Waals surface area contributed by atoms with E-state index in [1.54, 1.807) is 29.4 Å². The van der Waals surface area contributed by atoms with Crippen molar-refractivity contribution in [1.29, 1.82) is 0 Å². The highest BCUT2D eigenvalue weighted by Gasteiger charge is 2.22. The molecule has 1 aromatic carbocycles. The molecule has 7 heteroatoms. The van der Waals surface area contributed by atoms with Gasteiger partial charge in [0.05, 0.1) is 18.3 Å². The number of anilines is 1. The first kappa shape index (κ1) is 16.8. The van der Waals surface area contributed by atoms with Crippen LogP contribution in [-0.4, -0.2) is 40.2 Å². The highest BCUT2D eigenvalue weighted by Crippen LogP contribution is 2.30. The number of halogens is 2. The Balaban J connectivity index is 1.44. The highest BCUT2D eigenvalue weighted by molar-refractivity contribution is 5.86. The van der Waals surface area contributed by atoms with E-state index in [0.717, 1.165) is 48.4 Å². The molecule has 0 spiro atoms. The number of fused-ring (bicyclic) bond motifs is 1. The van der Waals surface area contributed by atoms with Gasteiger partial charge in [-0.2, -0.15) is 0 Å². The van der Waals surface area contributed by atoms with Gasteiger partial charge >= 0.3 is 0 Å². The van der Waals surface area contributed by atoms with Crippen molar-refractivity contribution in [1.82, 2.24) is 14.5 Å². The predicted octanol–water partition coefficient (Wildman–Crippen LogP) is 3.74. The molecule has 0 unspecified atom stereocenters. The van der Waals surface area contributed by atoms with Crippen LogP contribution in [0.5, 0.6) is 5.75 Å². The van der Waals surface area contributed by atoms with Gasteiger partial charge in [-0.25, -0.2) is 13.8 Å². The van der Waals surface area contributed by atoms with E-state index in [1.165, 1.54) is 0 Å². The van der Waals surface area contributed by atoms with E-state index < -0.39 is 6.43 Å². The molecular formula is C19H20F2N4O. The number of piperidine rings is 1. The van der Waals surface area contributed by atoms with Gasteiger partial charge < -0.3 is 14.2 Å². The molecule has 2 aromatic heterocycles. The number of nitrogens with zero attached hydrogens (tertiary/aromatic N) is 4. The lowest BCUT2D eigenvalue weighted by Gasteiger charge is -2.32. The van der Waals surface area contributed by atoms with Gasteiger partial charge in [0.25, 0.3) is 6.43 Å². The molecule has 5 nitrogen and oxygen atoms in total. The van der Waals surface area contributed by atoms with Crippen LogP contribution < -0.4 is 9.64 Å². The summed E-state index contributed by atoms with van der Waals surface area (Å²) in [4.78, 5) is 10.7. The van der Waals surface area contributed by atoms with Gasteiger partial charge in [-0.15, -0.1) is 0 Å². The average Bonchev–Trinajstić information content (AvgIpc) is 3.06. The van der Waals surface area contributed by atoms with E-state index in [-0.39, 0.29) is 12.6 Å². The molecule has 1 fully saturated rings. The molecular weight excluding hydrogens is 338 g/mol. The molecule has 0 radical (unpaired) electrons. The summed E-state index contributed by atoms with van der Waals surface area (Å²) < 4.78 is 33.2. The van der Waals surface area contributed by atoms with Crippen molar-refractivity contribution in [3.05, 3.63) is 49.1 Å². The summed E-state index contributed by atoms with van der Waals surface area (Å²) >= 11 is 0. The zero-order chi connectivity index (χ0) is 17.9. The molecule has 136 valence electrons. The van der Waals surface area contributed by atoms with Gasteiger partial charge in [0.2, 0.25) is 0 Å². The number of hydrogen-bond donors (Lipinski definition) is 0. The average molecular weight is 358 g/mol. The van der Waals surface area contributed by atoms with Crippen LogP contribution in [0.4, 0.5) is 14.6 Å². The molecule has 1 aliphatic rings. The summed E-state index contributed by atoms with van der Waals surface area (Å²) in [5, 5.41) is 0.879. The molecule has 3 aromatic rings. The van der Waals surface area contributed by atoms with Crippen molar-refractivity contribution in [3.63, 3.8) is 0 Å². The standard InChI is InChI=1S/C19H20F2N4O/c20-18(21)13-25-11-6-15-16(25)2-1-3-17(15)26-14-4-9-24(10-5-14)19-12-22-7-8-23-19/h1-3,6-8,11-12,14,18H,4-5,9-10,13H2. The van der Waals surface area contributed by atoms with E-state index in [2.05, 4.69) is 14.9 Å². The summed E-state index contributed by atoms with van der Waals surface area (Å²) in [6.07, 6.45) is 6.32. The zero-order valence-corrected chi connectivity index (χ0v) is 14.3. The highest BCUT2D eigenvalue weighted by atomic mass is 19.3. The third kappa shape index (κ3) is 3.47. The van der Waals surface area contributed by atoms with Crippen molar-refractivity contribution in [2.45, 2.75) is 31.9 Å². The lowest BCUT2D eigenvalue weighted by Crippen LogP contribution is -2.38. The molecule has 1 saturated heterocycles. The van der Waals surface area contributed by atoms with Crippen LogP contribution in [0.1, 0.15) is 12.8 Å². The molecule has 0 bridgehead atoms. The monoisotopic (exact) mass is 358 g/mol. The first-order valence-corrected chi connectivity index (χ1v) is 8.74. The van der Waals surface area contributed by atoms with Gasteiger partial charge in [-0.1, -0.05) is 6.07 Å². The number of rotatable bonds is 5. The van der Waals surface area contributed by atoms with Crippen LogP contribution in [0.3, 0.4) is 0 Å². The second-order valence-corrected chi connectivity index (χ2v) is 6.42. The first-order chi connectivity index (χ1) is 12.7. The van der Waals surface area contributed by atoms with Crippen LogP contribution >= 0.6 is 0 Å². The normalized spacial score (nSPS) is 15.7. The van der Waals surface area contributed by atoms with E-state index in [1.807, 2.05) is 24.3 Å². The molecule has 0 aliphatic carbocycles. The Morgan fingerprint density at radius 3 is 2.73 bits per heavy atom. The maximum atomic E-state index is 12.7. The van der Waals surface area contributed by atoms with Crippen molar-refractivity contribution in [2.24, 2.45) is 0 Å². The summed E-state index contributed by atoms with van der Waals surface area (Å²) in [6.45, 7) is 1.40. The van der Waals surface area contributed by atoms with Crippen LogP contribution in [0.15, 0.2) is 49.1 Å². The molecule has 3 heterocycles. The molecule has 4 rings (SSSR count). The lowest BCUT2D eigenvalue weighted by molar-refractivity contribution is 0.128. The lowest BCUT2D eigenvalue weighted by atomic mass is 10.1. The van der Waals surface area contributed by atoms with Gasteiger partial charge in [-0.05, 0) is 18.2 Å². The number of alkyl halides is 2. The Labute approximate surface area is 150 Å². The fourth-order valence-electron chi connectivity index (χ4n) is 3.44. The first-order valence-electron chi connectivity index (χ1n) is 8.74. The Kier molecular flexibility index (Phi) is 4.69. The molecule has 26 heavy (non-hydrogen) atoms. The molecule has 0 atom stereocenters. The van der Waals surface area contributed by atoms with Crippen LogP contribution in [0.25, 0.3) is 10.9 Å². The molecule has 0 amide bonds. The predicted molar refractivity (Wildman–Crippen MR) is 95.8 cm³/mol. The summed E-state index contributed by atoms with van der Waals surface area (Å²) in [5.74, 6) is 1.64. The second-order valence-electron chi connectivity index (χ2n) is 6.42. The summed E-state index contributed by atoms with van der Waals surface area (Å²) in [6, 6.07) is 7.46. The molecule has 1 aliphatic heterocycles. The van der Waals surface area contributed by atoms with Crippen molar-refractivity contribution in [2.75, 3.05) is 18.0 Å². The van der Waals surface area contributed by atoms with E-state index in [0.29, 0.717) is 0 Å². The smallest absolute Gasteiger partial charge is 0.256 e. The Hall–Kier alpha value is -2.70. The van der Waals surface area contributed by atoms with E-state index >= 15 is 0 Å². The quantitative estimate of drug-likeness (QED) is 0.697. The largest absolute Gasteiger partial charge is 0.490 e. The SMILES string of the molecule is FC(F)Cn1ccc2c(OC3CCN(c4cnccn4)CC3)cccc21. The van der Waals surface area contributed by atoms with Crippen LogP contribution in [-0.2, 0) is 6.54 Å². The minimum absolute atomic E-state index is 0.104. The van der Waals surface area contributed by atoms with Gasteiger partial charge in [0.1, 0.15) is 17.7 Å². The third-order valence-electron chi connectivity index (χ3n) is 4.72. The second kappa shape index (κ2) is 7.27.